The molecule has 0 fully saturated rings. The van der Waals surface area contributed by atoms with Gasteiger partial charge in [-0.3, -0.25) is 14.6 Å². The van der Waals surface area contributed by atoms with Gasteiger partial charge in [0.1, 0.15) is 23.9 Å². The molecule has 0 aliphatic heterocycles. The number of nitrogens with one attached hydrogen (secondary N) is 3. The number of aryl methyl sites for hydroxylation is 1. The molecule has 0 aromatic heterocycles. The fourth-order valence-electron chi connectivity index (χ4n) is 3.92. The van der Waals surface area contributed by atoms with Crippen molar-refractivity contribution in [2.75, 3.05) is 31.6 Å². The molecular weight excluding hydrogens is 534 g/mol. The number of aliphatic imine (C=N–C) groups is 1. The lowest BCUT2D eigenvalue weighted by Crippen LogP contribution is -2.58. The minimum absolute atomic E-state index is 0.0221. The number of aliphatic hydroxyl groups is 5. The van der Waals surface area contributed by atoms with Crippen LogP contribution in [0.3, 0.4) is 0 Å². The number of hydrogen-bond acceptors (Lipinski definition) is 10. The first-order valence-electron chi connectivity index (χ1n) is 13.9. The Kier molecular flexibility index (Phi) is 16.4. The van der Waals surface area contributed by atoms with E-state index in [1.54, 1.807) is 12.1 Å². The van der Waals surface area contributed by atoms with Crippen LogP contribution in [-0.4, -0.2) is 106 Å². The summed E-state index contributed by atoms with van der Waals surface area (Å²) in [5.41, 5.74) is 16.2. The van der Waals surface area contributed by atoms with Crippen molar-refractivity contribution in [1.29, 1.82) is 0 Å². The number of nitrogens with zero attached hydrogens (tertiary/aromatic N) is 1. The van der Waals surface area contributed by atoms with Crippen molar-refractivity contribution in [2.45, 2.75) is 88.4 Å². The number of anilines is 1. The highest BCUT2D eigenvalue weighted by Gasteiger charge is 2.39. The molecule has 14 N–H and O–H groups in total. The van der Waals surface area contributed by atoms with Gasteiger partial charge in [-0.15, -0.1) is 0 Å². The van der Waals surface area contributed by atoms with Crippen molar-refractivity contribution < 1.29 is 35.1 Å². The third-order valence-electron chi connectivity index (χ3n) is 6.70. The van der Waals surface area contributed by atoms with Crippen molar-refractivity contribution >= 4 is 23.5 Å². The number of nitrogens with two attached hydrogens (primary N) is 3. The van der Waals surface area contributed by atoms with E-state index >= 15 is 0 Å². The molecule has 0 saturated carbocycles. The van der Waals surface area contributed by atoms with E-state index in [1.165, 1.54) is 6.92 Å². The van der Waals surface area contributed by atoms with Gasteiger partial charge < -0.3 is 58.7 Å². The number of unbranched alkanes of at least 4 members (excludes halogenated alkanes) is 1. The summed E-state index contributed by atoms with van der Waals surface area (Å²) in [7, 11) is 0. The van der Waals surface area contributed by atoms with E-state index in [9.17, 15) is 30.0 Å². The first-order valence-corrected chi connectivity index (χ1v) is 13.9. The topological polar surface area (TPSA) is 262 Å². The number of amides is 2. The number of carbonyl (C=O) groups is 2. The molecule has 0 bridgehead atoms. The maximum absolute atomic E-state index is 13.0. The highest BCUT2D eigenvalue weighted by atomic mass is 16.4. The second-order valence-electron chi connectivity index (χ2n) is 10.4. The Morgan fingerprint density at radius 3 is 2.29 bits per heavy atom. The van der Waals surface area contributed by atoms with Crippen LogP contribution < -0.4 is 33.2 Å². The number of guanidine groups is 1. The van der Waals surface area contributed by atoms with Gasteiger partial charge in [0, 0.05) is 25.3 Å². The van der Waals surface area contributed by atoms with Crippen molar-refractivity contribution in [3.05, 3.63) is 29.8 Å². The van der Waals surface area contributed by atoms with Crippen LogP contribution in [-0.2, 0) is 16.0 Å². The largest absolute Gasteiger partial charge is 0.394 e. The standard InChI is InChI=1S/C27H49N7O7/c1-3-19(28)24(39)34-18-11-9-17(10-12-18)7-6-14-31-25(40)20(8-4-5-13-32-26(29)30)33-16-27(2,41)23(38)22(37)21(36)15-35/h9-12,19-23,33,35-38,41H,3-8,13-16,28H2,1-2H3,(H,31,40)(H,34,39)(H4,29,30,32)/t19-,20-,21+,22+,23-,27?/m0/s1. The Labute approximate surface area is 241 Å². The average molecular weight is 584 g/mol. The lowest BCUT2D eigenvalue weighted by molar-refractivity contribution is -0.151. The zero-order chi connectivity index (χ0) is 31.0. The van der Waals surface area contributed by atoms with Crippen LogP contribution in [0, 0.1) is 0 Å². The zero-order valence-electron chi connectivity index (χ0n) is 24.0. The number of aliphatic hydroxyl groups excluding tert-OH is 4. The average Bonchev–Trinajstić information content (AvgIpc) is 2.95. The number of hydrogen-bond donors (Lipinski definition) is 11. The molecule has 41 heavy (non-hydrogen) atoms. The van der Waals surface area contributed by atoms with Crippen LogP contribution in [0.25, 0.3) is 0 Å². The van der Waals surface area contributed by atoms with Crippen LogP contribution in [0.1, 0.15) is 51.5 Å². The summed E-state index contributed by atoms with van der Waals surface area (Å²) in [6.07, 6.45) is -1.75. The smallest absolute Gasteiger partial charge is 0.241 e. The van der Waals surface area contributed by atoms with E-state index in [0.29, 0.717) is 57.3 Å². The Hall–Kier alpha value is -2.85. The molecule has 0 heterocycles. The zero-order valence-corrected chi connectivity index (χ0v) is 24.0. The van der Waals surface area contributed by atoms with Crippen LogP contribution in [0.2, 0.25) is 0 Å². The first-order chi connectivity index (χ1) is 19.3. The molecular formula is C27H49N7O7. The fraction of sp³-hybridized carbons (Fsp3) is 0.667. The van der Waals surface area contributed by atoms with Crippen molar-refractivity contribution in [1.82, 2.24) is 10.6 Å². The predicted molar refractivity (Wildman–Crippen MR) is 157 cm³/mol. The van der Waals surface area contributed by atoms with Gasteiger partial charge in [0.2, 0.25) is 11.8 Å². The summed E-state index contributed by atoms with van der Waals surface area (Å²) in [5, 5.41) is 58.2. The number of carbonyl (C=O) groups excluding carboxylic acids is 2. The molecule has 14 heteroatoms. The van der Waals surface area contributed by atoms with Gasteiger partial charge in [0.05, 0.1) is 18.7 Å². The Morgan fingerprint density at radius 2 is 1.71 bits per heavy atom. The molecule has 1 aromatic carbocycles. The normalized spacial score (nSPS) is 16.5. The van der Waals surface area contributed by atoms with Crippen molar-refractivity contribution in [2.24, 2.45) is 22.2 Å². The van der Waals surface area contributed by atoms with Crippen LogP contribution in [0.15, 0.2) is 29.3 Å². The fourth-order valence-corrected chi connectivity index (χ4v) is 3.92. The summed E-state index contributed by atoms with van der Waals surface area (Å²) < 4.78 is 0. The quantitative estimate of drug-likeness (QED) is 0.0439. The van der Waals surface area contributed by atoms with Crippen molar-refractivity contribution in [3.8, 4) is 0 Å². The maximum Gasteiger partial charge on any atom is 0.241 e. The lowest BCUT2D eigenvalue weighted by Gasteiger charge is -2.35. The van der Waals surface area contributed by atoms with Crippen LogP contribution >= 0.6 is 0 Å². The molecule has 1 rings (SSSR count). The van der Waals surface area contributed by atoms with Gasteiger partial charge in [-0.25, -0.2) is 0 Å². The molecule has 1 aromatic rings. The number of benzene rings is 1. The van der Waals surface area contributed by atoms with Gasteiger partial charge >= 0.3 is 0 Å². The molecule has 6 atom stereocenters. The Morgan fingerprint density at radius 1 is 1.05 bits per heavy atom. The van der Waals surface area contributed by atoms with Crippen LogP contribution in [0.5, 0.6) is 0 Å². The summed E-state index contributed by atoms with van der Waals surface area (Å²) in [6.45, 7) is 2.80. The maximum atomic E-state index is 13.0. The minimum atomic E-state index is -1.92. The molecule has 0 aliphatic rings. The number of rotatable bonds is 20. The highest BCUT2D eigenvalue weighted by Crippen LogP contribution is 2.16. The second-order valence-corrected chi connectivity index (χ2v) is 10.4. The summed E-state index contributed by atoms with van der Waals surface area (Å²) in [4.78, 5) is 28.8. The predicted octanol–water partition coefficient (Wildman–Crippen LogP) is -2.36. The van der Waals surface area contributed by atoms with Gasteiger partial charge in [0.25, 0.3) is 0 Å². The molecule has 0 aliphatic carbocycles. The van der Waals surface area contributed by atoms with Gasteiger partial charge in [-0.2, -0.15) is 0 Å². The van der Waals surface area contributed by atoms with Crippen molar-refractivity contribution in [3.63, 3.8) is 0 Å². The summed E-state index contributed by atoms with van der Waals surface area (Å²) >= 11 is 0. The van der Waals surface area contributed by atoms with E-state index in [0.717, 1.165) is 5.56 Å². The molecule has 0 radical (unpaired) electrons. The second kappa shape index (κ2) is 18.6. The third kappa shape index (κ3) is 13.6. The molecule has 2 amide bonds. The molecule has 0 spiro atoms. The summed E-state index contributed by atoms with van der Waals surface area (Å²) in [6, 6.07) is 6.10. The van der Waals surface area contributed by atoms with E-state index in [1.807, 2.05) is 19.1 Å². The minimum Gasteiger partial charge on any atom is -0.394 e. The SMILES string of the molecule is CC[C@H](N)C(=O)Nc1ccc(CCCNC(=O)[C@H](CCCCN=C(N)N)NCC(C)(O)[C@@H](O)[C@H](O)[C@H](O)CO)cc1. The van der Waals surface area contributed by atoms with Gasteiger partial charge in [0.15, 0.2) is 5.96 Å². The lowest BCUT2D eigenvalue weighted by atomic mass is 9.91. The Balaban J connectivity index is 2.67. The Bertz CT molecular complexity index is 942. The molecule has 14 nitrogen and oxygen atoms in total. The van der Waals surface area contributed by atoms with Gasteiger partial charge in [-0.05, 0) is 63.1 Å². The monoisotopic (exact) mass is 583 g/mol. The van der Waals surface area contributed by atoms with E-state index in [2.05, 4.69) is 20.9 Å². The molecule has 1 unspecified atom stereocenters. The molecule has 234 valence electrons. The summed E-state index contributed by atoms with van der Waals surface area (Å²) in [5.74, 6) is -0.568. The molecule has 0 saturated heterocycles. The van der Waals surface area contributed by atoms with E-state index in [-0.39, 0.29) is 24.3 Å². The van der Waals surface area contributed by atoms with Crippen LogP contribution in [0.4, 0.5) is 5.69 Å². The highest BCUT2D eigenvalue weighted by molar-refractivity contribution is 5.94. The van der Waals surface area contributed by atoms with E-state index in [4.69, 9.17) is 22.3 Å². The third-order valence-corrected chi connectivity index (χ3v) is 6.70. The van der Waals surface area contributed by atoms with E-state index < -0.39 is 42.6 Å². The first kappa shape index (κ1) is 36.2. The van der Waals surface area contributed by atoms with Gasteiger partial charge in [-0.1, -0.05) is 19.1 Å².